The molecule has 0 amide bonds. The van der Waals surface area contributed by atoms with Crippen molar-refractivity contribution in [2.75, 3.05) is 5.73 Å². The van der Waals surface area contributed by atoms with E-state index >= 15 is 0 Å². The smallest absolute Gasteiger partial charge is 0.134 e. The molecule has 5 nitrogen and oxygen atoms in total. The highest BCUT2D eigenvalue weighted by Crippen LogP contribution is 2.25. The first-order chi connectivity index (χ1) is 9.56. The number of aromatic nitrogens is 4. The number of hydrogen-bond donors (Lipinski definition) is 1. The van der Waals surface area contributed by atoms with Crippen LogP contribution in [0.5, 0.6) is 0 Å². The lowest BCUT2D eigenvalue weighted by Crippen LogP contribution is -2.00. The third-order valence-electron chi connectivity index (χ3n) is 3.42. The van der Waals surface area contributed by atoms with E-state index in [1.807, 2.05) is 24.0 Å². The van der Waals surface area contributed by atoms with Crippen LogP contribution in [0.4, 0.5) is 5.69 Å². The molecule has 0 spiro atoms. The van der Waals surface area contributed by atoms with Crippen LogP contribution in [0.2, 0.25) is 0 Å². The van der Waals surface area contributed by atoms with Crippen molar-refractivity contribution in [3.63, 3.8) is 0 Å². The van der Waals surface area contributed by atoms with Crippen LogP contribution in [0, 0.1) is 13.8 Å². The predicted octanol–water partition coefficient (Wildman–Crippen LogP) is 2.47. The van der Waals surface area contributed by atoms with Gasteiger partial charge in [-0.05, 0) is 37.1 Å². The zero-order chi connectivity index (χ0) is 14.3. The fraction of sp³-hybridized carbons (Fsp3) is 0.200. The van der Waals surface area contributed by atoms with E-state index in [0.717, 1.165) is 22.6 Å². The Morgan fingerprint density at radius 3 is 2.65 bits per heavy atom. The Labute approximate surface area is 117 Å². The van der Waals surface area contributed by atoms with Crippen molar-refractivity contribution in [3.05, 3.63) is 47.8 Å². The zero-order valence-corrected chi connectivity index (χ0v) is 11.8. The molecule has 5 heteroatoms. The zero-order valence-electron chi connectivity index (χ0n) is 11.8. The first-order valence-electron chi connectivity index (χ1n) is 6.47. The Balaban J connectivity index is 2.14. The number of anilines is 1. The number of hydrogen-bond acceptors (Lipinski definition) is 3. The van der Waals surface area contributed by atoms with Gasteiger partial charge in [-0.15, -0.1) is 0 Å². The monoisotopic (exact) mass is 267 g/mol. The van der Waals surface area contributed by atoms with Gasteiger partial charge in [0.25, 0.3) is 0 Å². The Bertz CT molecular complexity index is 766. The number of nitrogens with two attached hydrogens (primary N) is 1. The summed E-state index contributed by atoms with van der Waals surface area (Å²) in [6.45, 7) is 4.13. The highest BCUT2D eigenvalue weighted by molar-refractivity contribution is 5.70. The molecule has 0 fully saturated rings. The fourth-order valence-electron chi connectivity index (χ4n) is 2.28. The molecule has 2 N–H and O–H groups in total. The summed E-state index contributed by atoms with van der Waals surface area (Å²) in [5.74, 6) is 0. The molecule has 2 heterocycles. The highest BCUT2D eigenvalue weighted by Gasteiger charge is 2.13. The van der Waals surface area contributed by atoms with E-state index < -0.39 is 0 Å². The molecular weight excluding hydrogens is 250 g/mol. The fourth-order valence-corrected chi connectivity index (χ4v) is 2.28. The van der Waals surface area contributed by atoms with Crippen molar-refractivity contribution < 1.29 is 0 Å². The lowest BCUT2D eigenvalue weighted by molar-refractivity contribution is 0.769. The van der Waals surface area contributed by atoms with Gasteiger partial charge in [-0.3, -0.25) is 4.68 Å². The average Bonchev–Trinajstić information content (AvgIpc) is 2.98. The van der Waals surface area contributed by atoms with Crippen molar-refractivity contribution in [2.45, 2.75) is 13.8 Å². The van der Waals surface area contributed by atoms with E-state index in [4.69, 9.17) is 5.73 Å². The van der Waals surface area contributed by atoms with Gasteiger partial charge in [0.1, 0.15) is 5.69 Å². The summed E-state index contributed by atoms with van der Waals surface area (Å²) in [6.07, 6.45) is 3.59. The van der Waals surface area contributed by atoms with Gasteiger partial charge < -0.3 is 5.73 Å². The van der Waals surface area contributed by atoms with E-state index in [9.17, 15) is 0 Å². The van der Waals surface area contributed by atoms with E-state index in [1.54, 1.807) is 10.9 Å². The van der Waals surface area contributed by atoms with Crippen LogP contribution >= 0.6 is 0 Å². The van der Waals surface area contributed by atoms with Gasteiger partial charge in [-0.1, -0.05) is 12.1 Å². The van der Waals surface area contributed by atoms with Crippen LogP contribution < -0.4 is 5.73 Å². The number of rotatable bonds is 2. The minimum absolute atomic E-state index is 0.648. The van der Waals surface area contributed by atoms with E-state index in [-0.39, 0.29) is 0 Å². The summed E-state index contributed by atoms with van der Waals surface area (Å²) in [6, 6.07) is 8.20. The van der Waals surface area contributed by atoms with Crippen molar-refractivity contribution in [2.24, 2.45) is 7.05 Å². The third-order valence-corrected chi connectivity index (χ3v) is 3.42. The Hall–Kier alpha value is -2.56. The van der Waals surface area contributed by atoms with Gasteiger partial charge in [-0.25, -0.2) is 4.68 Å². The molecule has 0 aliphatic rings. The summed E-state index contributed by atoms with van der Waals surface area (Å²) in [5, 5.41) is 8.78. The molecule has 0 bridgehead atoms. The molecule has 3 aromatic rings. The first-order valence-corrected chi connectivity index (χ1v) is 6.47. The quantitative estimate of drug-likeness (QED) is 0.776. The predicted molar refractivity (Wildman–Crippen MR) is 79.7 cm³/mol. The van der Waals surface area contributed by atoms with Gasteiger partial charge in [-0.2, -0.15) is 10.2 Å². The molecule has 0 atom stereocenters. The van der Waals surface area contributed by atoms with Crippen LogP contribution in [0.25, 0.3) is 17.1 Å². The maximum absolute atomic E-state index is 6.10. The van der Waals surface area contributed by atoms with E-state index in [1.165, 1.54) is 5.56 Å². The molecule has 3 rings (SSSR count). The molecule has 20 heavy (non-hydrogen) atoms. The summed E-state index contributed by atoms with van der Waals surface area (Å²) in [7, 11) is 1.88. The summed E-state index contributed by atoms with van der Waals surface area (Å²) in [4.78, 5) is 0. The molecule has 102 valence electrons. The van der Waals surface area contributed by atoms with Crippen LogP contribution in [-0.4, -0.2) is 19.6 Å². The van der Waals surface area contributed by atoms with Crippen molar-refractivity contribution in [1.29, 1.82) is 0 Å². The maximum atomic E-state index is 6.10. The number of aryl methyl sites for hydroxylation is 3. The molecule has 0 saturated heterocycles. The Morgan fingerprint density at radius 1 is 1.15 bits per heavy atom. The van der Waals surface area contributed by atoms with Crippen molar-refractivity contribution >= 4 is 5.69 Å². The minimum Gasteiger partial charge on any atom is -0.396 e. The lowest BCUT2D eigenvalue weighted by Gasteiger charge is -2.06. The van der Waals surface area contributed by atoms with Crippen LogP contribution in [-0.2, 0) is 7.05 Å². The second kappa shape index (κ2) is 4.52. The largest absolute Gasteiger partial charge is 0.396 e. The van der Waals surface area contributed by atoms with E-state index in [0.29, 0.717) is 5.69 Å². The number of benzene rings is 1. The van der Waals surface area contributed by atoms with Crippen molar-refractivity contribution in [1.82, 2.24) is 19.6 Å². The second-order valence-corrected chi connectivity index (χ2v) is 5.01. The van der Waals surface area contributed by atoms with Gasteiger partial charge in [0, 0.05) is 13.2 Å². The maximum Gasteiger partial charge on any atom is 0.134 e. The van der Waals surface area contributed by atoms with Gasteiger partial charge in [0.2, 0.25) is 0 Å². The topological polar surface area (TPSA) is 61.7 Å². The van der Waals surface area contributed by atoms with Gasteiger partial charge >= 0.3 is 0 Å². The summed E-state index contributed by atoms with van der Waals surface area (Å²) < 4.78 is 3.60. The highest BCUT2D eigenvalue weighted by atomic mass is 15.3. The molecule has 1 aromatic carbocycles. The summed E-state index contributed by atoms with van der Waals surface area (Å²) >= 11 is 0. The van der Waals surface area contributed by atoms with Crippen LogP contribution in [0.15, 0.2) is 36.7 Å². The molecular formula is C15H17N5. The number of nitrogens with zero attached hydrogens (tertiary/aromatic N) is 4. The SMILES string of the molecule is Cc1ccc(C)c(-n2cc(N)c(-c3ccnn3C)n2)c1. The molecule has 0 unspecified atom stereocenters. The van der Waals surface area contributed by atoms with E-state index in [2.05, 4.69) is 42.2 Å². The second-order valence-electron chi connectivity index (χ2n) is 5.01. The van der Waals surface area contributed by atoms with Crippen LogP contribution in [0.3, 0.4) is 0 Å². The van der Waals surface area contributed by atoms with Gasteiger partial charge in [0.15, 0.2) is 0 Å². The molecule has 0 saturated carbocycles. The first kappa shape index (κ1) is 12.5. The number of nitrogen functional groups attached to an aromatic ring is 1. The molecule has 0 aliphatic carbocycles. The molecule has 0 aliphatic heterocycles. The Morgan fingerprint density at radius 2 is 1.95 bits per heavy atom. The lowest BCUT2D eigenvalue weighted by atomic mass is 10.1. The molecule has 0 radical (unpaired) electrons. The third kappa shape index (κ3) is 1.97. The van der Waals surface area contributed by atoms with Crippen molar-refractivity contribution in [3.8, 4) is 17.1 Å². The molecule has 2 aromatic heterocycles. The standard InChI is InChI=1S/C15H17N5/c1-10-4-5-11(2)14(8-10)20-9-12(16)15(18-20)13-6-7-17-19(13)3/h4-9H,16H2,1-3H3. The normalized spacial score (nSPS) is 10.9. The minimum atomic E-state index is 0.648. The summed E-state index contributed by atoms with van der Waals surface area (Å²) in [5.41, 5.74) is 11.8. The van der Waals surface area contributed by atoms with Crippen LogP contribution in [0.1, 0.15) is 11.1 Å². The van der Waals surface area contributed by atoms with Gasteiger partial charge in [0.05, 0.1) is 23.3 Å². The Kier molecular flexibility index (Phi) is 2.82. The average molecular weight is 267 g/mol.